The average molecular weight is 547 g/mol. The first-order chi connectivity index (χ1) is 18.0. The van der Waals surface area contributed by atoms with Gasteiger partial charge in [-0.1, -0.05) is 6.92 Å². The Bertz CT molecular complexity index is 1200. The molecule has 14 heteroatoms. The number of β-lactam (4-membered cyclic amide) rings is 1. The number of nitrogens with one attached hydrogen (secondary N) is 2. The zero-order valence-electron chi connectivity index (χ0n) is 21.4. The van der Waals surface area contributed by atoms with Crippen LogP contribution in [0.2, 0.25) is 0 Å². The number of hydrogen-bond acceptors (Lipinski definition) is 10. The van der Waals surface area contributed by atoms with E-state index in [1.807, 2.05) is 6.92 Å². The van der Waals surface area contributed by atoms with Gasteiger partial charge < -0.3 is 25.0 Å². The second kappa shape index (κ2) is 11.0. The van der Waals surface area contributed by atoms with Crippen LogP contribution in [0.3, 0.4) is 0 Å². The molecule has 0 aromatic heterocycles. The number of non-ortho nitro benzene ring substituents is 1. The van der Waals surface area contributed by atoms with Crippen LogP contribution in [0.1, 0.15) is 19.4 Å². The summed E-state index contributed by atoms with van der Waals surface area (Å²) in [5.74, 6) is -1.47. The highest BCUT2D eigenvalue weighted by atomic mass is 32.2. The molecular weight excluding hydrogens is 516 g/mol. The number of nitro benzene ring substituents is 1. The summed E-state index contributed by atoms with van der Waals surface area (Å²) in [5, 5.41) is 26.7. The second-order valence-corrected chi connectivity index (χ2v) is 10.9. The number of urea groups is 1. The van der Waals surface area contributed by atoms with Crippen molar-refractivity contribution < 1.29 is 29.2 Å². The van der Waals surface area contributed by atoms with Crippen molar-refractivity contribution in [1.29, 1.82) is 0 Å². The number of carbonyl (C=O) groups excluding carboxylic acids is 3. The van der Waals surface area contributed by atoms with Gasteiger partial charge in [-0.15, -0.1) is 11.8 Å². The molecule has 204 valence electrons. The Balaban J connectivity index is 1.51. The number of rotatable bonds is 7. The number of aliphatic imine (C=N–C) groups is 1. The number of nitrogens with zero attached hydrogens (tertiary/aromatic N) is 4. The molecule has 3 aliphatic heterocycles. The van der Waals surface area contributed by atoms with Gasteiger partial charge in [0.05, 0.1) is 29.5 Å². The molecule has 0 saturated carbocycles. The lowest BCUT2D eigenvalue weighted by molar-refractivity contribution is -0.384. The molecule has 0 aliphatic carbocycles. The lowest BCUT2D eigenvalue weighted by atomic mass is 9.79. The van der Waals surface area contributed by atoms with E-state index >= 15 is 0 Å². The maximum Gasteiger partial charge on any atom is 0.356 e. The molecule has 0 bridgehead atoms. The number of aliphatic hydroxyl groups is 1. The summed E-state index contributed by atoms with van der Waals surface area (Å²) in [7, 11) is 3.25. The van der Waals surface area contributed by atoms with Gasteiger partial charge in [-0.3, -0.25) is 25.2 Å². The molecule has 4 rings (SSSR count). The van der Waals surface area contributed by atoms with Gasteiger partial charge in [0.25, 0.3) is 5.69 Å². The predicted molar refractivity (Wildman–Crippen MR) is 139 cm³/mol. The summed E-state index contributed by atoms with van der Waals surface area (Å²) in [6.45, 7) is 4.20. The summed E-state index contributed by atoms with van der Waals surface area (Å²) in [4.78, 5) is 56.4. The highest BCUT2D eigenvalue weighted by Crippen LogP contribution is 2.51. The Hall–Kier alpha value is -3.65. The molecular formula is C24H30N6O7S. The Kier molecular flexibility index (Phi) is 7.92. The summed E-state index contributed by atoms with van der Waals surface area (Å²) in [5.41, 5.74) is 0.653. The molecule has 3 N–H and O–H groups in total. The van der Waals surface area contributed by atoms with Gasteiger partial charge >= 0.3 is 12.0 Å². The Labute approximate surface area is 223 Å². The van der Waals surface area contributed by atoms with Gasteiger partial charge in [-0.25, -0.2) is 9.59 Å². The van der Waals surface area contributed by atoms with Gasteiger partial charge in [0, 0.05) is 48.8 Å². The molecule has 13 nitrogen and oxygen atoms in total. The quantitative estimate of drug-likeness (QED) is 0.196. The molecule has 5 atom stereocenters. The third-order valence-electron chi connectivity index (χ3n) is 6.69. The van der Waals surface area contributed by atoms with E-state index in [1.54, 1.807) is 21.0 Å². The fourth-order valence-electron chi connectivity index (χ4n) is 4.68. The first-order valence-electron chi connectivity index (χ1n) is 12.1. The number of thioether (sulfide) groups is 1. The number of aliphatic hydroxyl groups excluding tert-OH is 1. The van der Waals surface area contributed by atoms with Crippen molar-refractivity contribution in [2.45, 2.75) is 37.9 Å². The van der Waals surface area contributed by atoms with E-state index in [-0.39, 0.29) is 47.1 Å². The standard InChI is InChI=1S/C24H30N6O7S/c1-12-18-17(13(2)31)21(32)29(18)19(22(33)37-11-14-5-7-15(8-6-14)30(35)36)20(12)38-16-9-25-23(26-10-16)27-24(34)28(3)4/h5-8,12-13,16-18,31H,9-11H2,1-4H3,(H2,25,26,27,34)/t12-,13-,17-,18-/m1/s1. The zero-order chi connectivity index (χ0) is 27.7. The number of guanidine groups is 1. The van der Waals surface area contributed by atoms with Crippen LogP contribution in [-0.2, 0) is 20.9 Å². The molecule has 1 aromatic rings. The molecule has 1 unspecified atom stereocenters. The molecule has 1 aromatic carbocycles. The molecule has 3 heterocycles. The molecule has 3 amide bonds. The van der Waals surface area contributed by atoms with Gasteiger partial charge in [-0.2, -0.15) is 0 Å². The van der Waals surface area contributed by atoms with E-state index in [4.69, 9.17) is 4.74 Å². The minimum absolute atomic E-state index is 0.0718. The number of nitro groups is 1. The minimum Gasteiger partial charge on any atom is -0.456 e. The van der Waals surface area contributed by atoms with Crippen molar-refractivity contribution in [3.63, 3.8) is 0 Å². The van der Waals surface area contributed by atoms with Gasteiger partial charge in [0.2, 0.25) is 5.91 Å². The maximum atomic E-state index is 13.3. The lowest BCUT2D eigenvalue weighted by Crippen LogP contribution is -2.63. The minimum atomic E-state index is -0.864. The summed E-state index contributed by atoms with van der Waals surface area (Å²) in [6.07, 6.45) is -0.864. The molecule has 0 radical (unpaired) electrons. The number of benzene rings is 1. The molecule has 0 spiro atoms. The number of fused-ring (bicyclic) bond motifs is 1. The topological polar surface area (TPSA) is 167 Å². The molecule has 38 heavy (non-hydrogen) atoms. The van der Waals surface area contributed by atoms with Crippen molar-refractivity contribution in [2.24, 2.45) is 16.8 Å². The Morgan fingerprint density at radius 3 is 2.61 bits per heavy atom. The van der Waals surface area contributed by atoms with Crippen molar-refractivity contribution in [3.8, 4) is 0 Å². The SMILES string of the molecule is C[C@@H](O)[C@H]1C(=O)N2C(C(=O)OCc3ccc([N+](=O)[O-])cc3)=C(SC3CN=C(NC(=O)N(C)C)NC3)[C@H](C)[C@H]12. The summed E-state index contributed by atoms with van der Waals surface area (Å²) in [6, 6.07) is 5.00. The van der Waals surface area contributed by atoms with Crippen LogP contribution in [0.5, 0.6) is 0 Å². The number of amides is 3. The van der Waals surface area contributed by atoms with Gasteiger partial charge in [0.1, 0.15) is 12.3 Å². The van der Waals surface area contributed by atoms with Crippen molar-refractivity contribution >= 4 is 41.3 Å². The Morgan fingerprint density at radius 1 is 1.37 bits per heavy atom. The first-order valence-corrected chi connectivity index (χ1v) is 13.0. The molecule has 1 saturated heterocycles. The highest BCUT2D eigenvalue weighted by molar-refractivity contribution is 8.03. The normalized spacial score (nSPS) is 25.0. The van der Waals surface area contributed by atoms with E-state index in [0.717, 1.165) is 0 Å². The van der Waals surface area contributed by atoms with Gasteiger partial charge in [0.15, 0.2) is 5.96 Å². The largest absolute Gasteiger partial charge is 0.456 e. The van der Waals surface area contributed by atoms with Crippen LogP contribution in [0, 0.1) is 22.0 Å². The maximum absolute atomic E-state index is 13.3. The molecule has 1 fully saturated rings. The van der Waals surface area contributed by atoms with E-state index in [2.05, 4.69) is 15.6 Å². The zero-order valence-corrected chi connectivity index (χ0v) is 22.2. The number of ether oxygens (including phenoxy) is 1. The van der Waals surface area contributed by atoms with Crippen LogP contribution < -0.4 is 10.6 Å². The average Bonchev–Trinajstić information content (AvgIpc) is 3.11. The first kappa shape index (κ1) is 27.4. The lowest BCUT2D eigenvalue weighted by Gasteiger charge is -2.46. The number of esters is 1. The van der Waals surface area contributed by atoms with Crippen LogP contribution in [0.25, 0.3) is 0 Å². The van der Waals surface area contributed by atoms with Crippen LogP contribution >= 0.6 is 11.8 Å². The van der Waals surface area contributed by atoms with E-state index in [9.17, 15) is 29.6 Å². The highest BCUT2D eigenvalue weighted by Gasteiger charge is 2.60. The predicted octanol–water partition coefficient (Wildman–Crippen LogP) is 1.04. The third kappa shape index (κ3) is 5.31. The van der Waals surface area contributed by atoms with Crippen LogP contribution in [0.4, 0.5) is 10.5 Å². The van der Waals surface area contributed by atoms with Crippen molar-refractivity contribution in [1.82, 2.24) is 20.4 Å². The number of carbonyl (C=O) groups is 3. The van der Waals surface area contributed by atoms with Gasteiger partial charge in [-0.05, 0) is 24.6 Å². The summed E-state index contributed by atoms with van der Waals surface area (Å²) < 4.78 is 5.53. The van der Waals surface area contributed by atoms with Crippen molar-refractivity contribution in [2.75, 3.05) is 27.2 Å². The third-order valence-corrected chi connectivity index (χ3v) is 8.16. The fraction of sp³-hybridized carbons (Fsp3) is 0.500. The van der Waals surface area contributed by atoms with Crippen LogP contribution in [0.15, 0.2) is 39.9 Å². The van der Waals surface area contributed by atoms with E-state index in [1.165, 1.54) is 45.8 Å². The monoisotopic (exact) mass is 546 g/mol. The fourth-order valence-corrected chi connectivity index (χ4v) is 6.00. The molecule has 3 aliphatic rings. The smallest absolute Gasteiger partial charge is 0.356 e. The van der Waals surface area contributed by atoms with Crippen LogP contribution in [-0.4, -0.2) is 88.3 Å². The second-order valence-electron chi connectivity index (χ2n) is 9.60. The number of hydrogen-bond donors (Lipinski definition) is 3. The van der Waals surface area contributed by atoms with E-state index < -0.39 is 22.9 Å². The summed E-state index contributed by atoms with van der Waals surface area (Å²) >= 11 is 1.43. The van der Waals surface area contributed by atoms with Crippen molar-refractivity contribution in [3.05, 3.63) is 50.5 Å². The Morgan fingerprint density at radius 2 is 2.05 bits per heavy atom. The van der Waals surface area contributed by atoms with E-state index in [0.29, 0.717) is 29.5 Å².